The van der Waals surface area contributed by atoms with Crippen molar-refractivity contribution in [2.24, 2.45) is 5.73 Å². The average molecular weight is 283 g/mol. The molecule has 2 rings (SSSR count). The van der Waals surface area contributed by atoms with Gasteiger partial charge in [-0.2, -0.15) is 0 Å². The molecule has 0 saturated heterocycles. The van der Waals surface area contributed by atoms with Crippen molar-refractivity contribution in [1.29, 1.82) is 0 Å². The highest BCUT2D eigenvalue weighted by atomic mass is 32.1. The number of anilines is 1. The van der Waals surface area contributed by atoms with Crippen LogP contribution in [0.2, 0.25) is 0 Å². The highest BCUT2D eigenvalue weighted by molar-refractivity contribution is 7.14. The zero-order valence-corrected chi connectivity index (χ0v) is 10.8. The van der Waals surface area contributed by atoms with Crippen molar-refractivity contribution < 1.29 is 13.6 Å². The molecular weight excluding hydrogens is 272 g/mol. The number of aromatic nitrogens is 1. The third-order valence-corrected chi connectivity index (χ3v) is 3.18. The van der Waals surface area contributed by atoms with Crippen LogP contribution in [0.25, 0.3) is 0 Å². The molecule has 100 valence electrons. The van der Waals surface area contributed by atoms with E-state index in [-0.39, 0.29) is 11.6 Å². The maximum absolute atomic E-state index is 13.4. The van der Waals surface area contributed by atoms with E-state index in [0.717, 1.165) is 6.07 Å². The molecule has 0 saturated carbocycles. The average Bonchev–Trinajstić information content (AvgIpc) is 2.81. The van der Waals surface area contributed by atoms with Crippen LogP contribution in [0.4, 0.5) is 13.9 Å². The molecule has 2 aromatic rings. The third kappa shape index (κ3) is 2.94. The molecule has 0 aliphatic rings. The Morgan fingerprint density at radius 1 is 1.47 bits per heavy atom. The number of hydrogen-bond acceptors (Lipinski definition) is 4. The van der Waals surface area contributed by atoms with Crippen LogP contribution in [0.5, 0.6) is 0 Å². The van der Waals surface area contributed by atoms with Crippen molar-refractivity contribution in [3.63, 3.8) is 0 Å². The highest BCUT2D eigenvalue weighted by Crippen LogP contribution is 2.20. The SMILES string of the molecule is CC(N)c1csc(NC(=O)c2cccc(F)c2F)n1. The number of rotatable bonds is 3. The molecule has 7 heteroatoms. The fourth-order valence-corrected chi connectivity index (χ4v) is 2.21. The lowest BCUT2D eigenvalue weighted by atomic mass is 10.2. The van der Waals surface area contributed by atoms with Crippen molar-refractivity contribution in [1.82, 2.24) is 4.98 Å². The van der Waals surface area contributed by atoms with Gasteiger partial charge in [0.05, 0.1) is 11.3 Å². The summed E-state index contributed by atoms with van der Waals surface area (Å²) in [6, 6.07) is 3.16. The fraction of sp³-hybridized carbons (Fsp3) is 0.167. The van der Waals surface area contributed by atoms with Gasteiger partial charge in [0.2, 0.25) is 0 Å². The maximum atomic E-state index is 13.4. The Morgan fingerprint density at radius 2 is 2.21 bits per heavy atom. The minimum Gasteiger partial charge on any atom is -0.323 e. The number of nitrogens with two attached hydrogens (primary N) is 1. The Morgan fingerprint density at radius 3 is 2.84 bits per heavy atom. The predicted molar refractivity (Wildman–Crippen MR) is 69.0 cm³/mol. The molecule has 0 aliphatic heterocycles. The Balaban J connectivity index is 2.18. The first-order valence-corrected chi connectivity index (χ1v) is 6.33. The van der Waals surface area contributed by atoms with E-state index in [1.807, 2.05) is 0 Å². The molecule has 1 aromatic heterocycles. The maximum Gasteiger partial charge on any atom is 0.260 e. The van der Waals surface area contributed by atoms with Crippen molar-refractivity contribution in [2.75, 3.05) is 5.32 Å². The molecule has 0 radical (unpaired) electrons. The molecule has 1 unspecified atom stereocenters. The van der Waals surface area contributed by atoms with Crippen LogP contribution < -0.4 is 11.1 Å². The summed E-state index contributed by atoms with van der Waals surface area (Å²) < 4.78 is 26.4. The lowest BCUT2D eigenvalue weighted by Gasteiger charge is -2.03. The minimum atomic E-state index is -1.18. The summed E-state index contributed by atoms with van der Waals surface area (Å²) in [5, 5.41) is 4.40. The van der Waals surface area contributed by atoms with Gasteiger partial charge in [0.25, 0.3) is 5.91 Å². The van der Waals surface area contributed by atoms with Gasteiger partial charge >= 0.3 is 0 Å². The molecule has 0 aliphatic carbocycles. The van der Waals surface area contributed by atoms with Gasteiger partial charge in [-0.25, -0.2) is 13.8 Å². The first-order valence-electron chi connectivity index (χ1n) is 5.45. The summed E-state index contributed by atoms with van der Waals surface area (Å²) in [6.07, 6.45) is 0. The van der Waals surface area contributed by atoms with Gasteiger partial charge in [0.15, 0.2) is 16.8 Å². The number of amides is 1. The fourth-order valence-electron chi connectivity index (χ4n) is 1.40. The lowest BCUT2D eigenvalue weighted by molar-refractivity contribution is 0.102. The Labute approximate surface area is 112 Å². The standard InChI is InChI=1S/C12H11F2N3OS/c1-6(15)9-5-19-12(16-9)17-11(18)7-3-2-4-8(13)10(7)14/h2-6H,15H2,1H3,(H,16,17,18). The van der Waals surface area contributed by atoms with Crippen molar-refractivity contribution >= 4 is 22.4 Å². The number of carbonyl (C=O) groups excluding carboxylic acids is 1. The van der Waals surface area contributed by atoms with Gasteiger partial charge in [-0.3, -0.25) is 10.1 Å². The Kier molecular flexibility index (Phi) is 3.87. The molecule has 4 nitrogen and oxygen atoms in total. The molecule has 0 bridgehead atoms. The van der Waals surface area contributed by atoms with Crippen LogP contribution in [0, 0.1) is 11.6 Å². The van der Waals surface area contributed by atoms with E-state index in [1.54, 1.807) is 12.3 Å². The van der Waals surface area contributed by atoms with E-state index < -0.39 is 17.5 Å². The number of nitrogens with one attached hydrogen (secondary N) is 1. The van der Waals surface area contributed by atoms with Crippen molar-refractivity contribution in [3.8, 4) is 0 Å². The van der Waals surface area contributed by atoms with E-state index in [1.165, 1.54) is 23.5 Å². The second-order valence-electron chi connectivity index (χ2n) is 3.92. The number of nitrogens with zero attached hydrogens (tertiary/aromatic N) is 1. The summed E-state index contributed by atoms with van der Waals surface area (Å²) in [6.45, 7) is 1.76. The summed E-state index contributed by atoms with van der Waals surface area (Å²) in [7, 11) is 0. The van der Waals surface area contributed by atoms with E-state index in [2.05, 4.69) is 10.3 Å². The van der Waals surface area contributed by atoms with E-state index in [4.69, 9.17) is 5.73 Å². The van der Waals surface area contributed by atoms with E-state index in [0.29, 0.717) is 10.8 Å². The van der Waals surface area contributed by atoms with Gasteiger partial charge in [0.1, 0.15) is 0 Å². The van der Waals surface area contributed by atoms with Crippen LogP contribution in [-0.4, -0.2) is 10.9 Å². The van der Waals surface area contributed by atoms with Crippen LogP contribution >= 0.6 is 11.3 Å². The molecule has 19 heavy (non-hydrogen) atoms. The second-order valence-corrected chi connectivity index (χ2v) is 4.78. The highest BCUT2D eigenvalue weighted by Gasteiger charge is 2.16. The molecule has 1 heterocycles. The van der Waals surface area contributed by atoms with E-state index >= 15 is 0 Å². The van der Waals surface area contributed by atoms with Gasteiger partial charge in [0, 0.05) is 11.4 Å². The van der Waals surface area contributed by atoms with Crippen LogP contribution in [0.3, 0.4) is 0 Å². The monoisotopic (exact) mass is 283 g/mol. The molecule has 3 N–H and O–H groups in total. The zero-order valence-electron chi connectivity index (χ0n) is 9.98. The number of benzene rings is 1. The summed E-state index contributed by atoms with van der Waals surface area (Å²) in [5.74, 6) is -2.99. The minimum absolute atomic E-state index is 0.257. The predicted octanol–water partition coefficient (Wildman–Crippen LogP) is 2.69. The lowest BCUT2D eigenvalue weighted by Crippen LogP contribution is -2.14. The van der Waals surface area contributed by atoms with Crippen LogP contribution in [0.1, 0.15) is 29.0 Å². The molecule has 1 amide bonds. The summed E-state index contributed by atoms with van der Waals surface area (Å²) in [5.41, 5.74) is 5.90. The molecule has 0 fully saturated rings. The van der Waals surface area contributed by atoms with Crippen LogP contribution in [0.15, 0.2) is 23.6 Å². The smallest absolute Gasteiger partial charge is 0.260 e. The molecule has 1 atom stereocenters. The topological polar surface area (TPSA) is 68.0 Å². The number of carbonyl (C=O) groups is 1. The Hall–Kier alpha value is -1.86. The first-order chi connectivity index (χ1) is 8.99. The molecule has 1 aromatic carbocycles. The van der Waals surface area contributed by atoms with Crippen LogP contribution in [-0.2, 0) is 0 Å². The Bertz CT molecular complexity index is 613. The van der Waals surface area contributed by atoms with Crippen molar-refractivity contribution in [3.05, 3.63) is 46.5 Å². The number of thiazole rings is 1. The number of hydrogen-bond donors (Lipinski definition) is 2. The first kappa shape index (κ1) is 13.6. The van der Waals surface area contributed by atoms with Gasteiger partial charge in [-0.15, -0.1) is 11.3 Å². The summed E-state index contributed by atoms with van der Waals surface area (Å²) in [4.78, 5) is 15.9. The second kappa shape index (κ2) is 5.41. The third-order valence-electron chi connectivity index (χ3n) is 2.41. The van der Waals surface area contributed by atoms with E-state index in [9.17, 15) is 13.6 Å². The molecular formula is C12H11F2N3OS. The van der Waals surface area contributed by atoms with Gasteiger partial charge in [-0.05, 0) is 19.1 Å². The van der Waals surface area contributed by atoms with Crippen molar-refractivity contribution in [2.45, 2.75) is 13.0 Å². The van der Waals surface area contributed by atoms with Gasteiger partial charge in [-0.1, -0.05) is 6.07 Å². The zero-order chi connectivity index (χ0) is 14.0. The van der Waals surface area contributed by atoms with Gasteiger partial charge < -0.3 is 5.73 Å². The molecule has 0 spiro atoms. The normalized spacial score (nSPS) is 12.2. The largest absolute Gasteiger partial charge is 0.323 e. The summed E-state index contributed by atoms with van der Waals surface area (Å²) >= 11 is 1.17. The quantitative estimate of drug-likeness (QED) is 0.910. The number of halogens is 2.